The Hall–Kier alpha value is -3.26. The van der Waals surface area contributed by atoms with Crippen molar-refractivity contribution in [2.75, 3.05) is 17.7 Å². The second-order valence-corrected chi connectivity index (χ2v) is 10.3. The zero-order valence-corrected chi connectivity index (χ0v) is 22.9. The van der Waals surface area contributed by atoms with Gasteiger partial charge in [-0.05, 0) is 49.9 Å². The summed E-state index contributed by atoms with van der Waals surface area (Å²) in [7, 11) is 0. The fraction of sp³-hybridized carbons (Fsp3) is 0.414. The number of allylic oxidation sites excluding steroid dienone is 1. The minimum Gasteiger partial charge on any atom is -0.489 e. The average molecular weight is 521 g/mol. The van der Waals surface area contributed by atoms with Crippen LogP contribution < -0.4 is 10.1 Å². The summed E-state index contributed by atoms with van der Waals surface area (Å²) in [5.41, 5.74) is 4.53. The van der Waals surface area contributed by atoms with Crippen LogP contribution in [0.1, 0.15) is 69.2 Å². The first-order valence-electron chi connectivity index (χ1n) is 13.0. The van der Waals surface area contributed by atoms with E-state index < -0.39 is 6.04 Å². The standard InChI is InChI=1S/C29H36N4O3S/c1-5-7-16-35-27(34)25-21(4)30-28-31-29(37-17-8-6-2)32-33(28)26(25)23-12-14-24(15-13-23)36-19-22-11-9-10-20(3)18-22/h9-15,18,26H,5-8,16-17,19H2,1-4H3,(H,30,31,32). The average Bonchev–Trinajstić information content (AvgIpc) is 3.29. The number of unbranched alkanes of at least 4 members (excludes halogenated alkanes) is 2. The number of nitrogens with one attached hydrogen (secondary N) is 1. The lowest BCUT2D eigenvalue weighted by atomic mass is 9.96. The van der Waals surface area contributed by atoms with Crippen molar-refractivity contribution in [2.45, 2.75) is 71.2 Å². The molecule has 2 aromatic carbocycles. The van der Waals surface area contributed by atoms with Gasteiger partial charge in [-0.1, -0.05) is 80.4 Å². The van der Waals surface area contributed by atoms with Gasteiger partial charge < -0.3 is 14.8 Å². The van der Waals surface area contributed by atoms with Crippen LogP contribution in [0.4, 0.5) is 5.95 Å². The van der Waals surface area contributed by atoms with Crippen LogP contribution in [0.5, 0.6) is 5.75 Å². The smallest absolute Gasteiger partial charge is 0.338 e. The lowest BCUT2D eigenvalue weighted by Gasteiger charge is -2.28. The van der Waals surface area contributed by atoms with Crippen molar-refractivity contribution in [3.05, 3.63) is 76.5 Å². The number of ether oxygens (including phenoxy) is 2. The van der Waals surface area contributed by atoms with Crippen LogP contribution in [-0.4, -0.2) is 33.1 Å². The molecule has 1 unspecified atom stereocenters. The number of esters is 1. The highest BCUT2D eigenvalue weighted by atomic mass is 32.2. The maximum atomic E-state index is 13.2. The van der Waals surface area contributed by atoms with Gasteiger partial charge in [0.05, 0.1) is 12.2 Å². The minimum atomic E-state index is -0.441. The van der Waals surface area contributed by atoms with E-state index in [4.69, 9.17) is 19.6 Å². The van der Waals surface area contributed by atoms with Gasteiger partial charge in [0.2, 0.25) is 11.1 Å². The molecule has 0 fully saturated rings. The Bertz CT molecular complexity index is 1240. The van der Waals surface area contributed by atoms with Gasteiger partial charge in [0.1, 0.15) is 18.4 Å². The molecule has 0 saturated carbocycles. The van der Waals surface area contributed by atoms with E-state index >= 15 is 0 Å². The molecule has 196 valence electrons. The summed E-state index contributed by atoms with van der Waals surface area (Å²) in [5.74, 6) is 2.02. The van der Waals surface area contributed by atoms with Crippen molar-refractivity contribution in [3.63, 3.8) is 0 Å². The van der Waals surface area contributed by atoms with E-state index in [0.717, 1.165) is 54.0 Å². The normalized spacial score (nSPS) is 14.8. The Labute approximate surface area is 223 Å². The van der Waals surface area contributed by atoms with Crippen molar-refractivity contribution in [3.8, 4) is 5.75 Å². The molecule has 0 amide bonds. The second-order valence-electron chi connectivity index (χ2n) is 9.27. The van der Waals surface area contributed by atoms with E-state index in [0.29, 0.717) is 29.9 Å². The molecule has 0 spiro atoms. The molecule has 1 aliphatic heterocycles. The zero-order chi connectivity index (χ0) is 26.2. The Kier molecular flexibility index (Phi) is 9.28. The van der Waals surface area contributed by atoms with Gasteiger partial charge in [-0.2, -0.15) is 4.98 Å². The molecule has 1 aliphatic rings. The summed E-state index contributed by atoms with van der Waals surface area (Å²) in [6.45, 7) is 9.10. The lowest BCUT2D eigenvalue weighted by Crippen LogP contribution is -2.29. The molecule has 7 nitrogen and oxygen atoms in total. The number of nitrogens with zero attached hydrogens (tertiary/aromatic N) is 3. The molecule has 1 aromatic heterocycles. The number of benzene rings is 2. The molecule has 2 heterocycles. The van der Waals surface area contributed by atoms with Crippen LogP contribution >= 0.6 is 11.8 Å². The van der Waals surface area contributed by atoms with Crippen molar-refractivity contribution in [1.82, 2.24) is 14.8 Å². The highest BCUT2D eigenvalue weighted by molar-refractivity contribution is 7.99. The highest BCUT2D eigenvalue weighted by Crippen LogP contribution is 2.37. The van der Waals surface area contributed by atoms with Crippen LogP contribution in [-0.2, 0) is 16.1 Å². The van der Waals surface area contributed by atoms with Gasteiger partial charge in [0, 0.05) is 11.4 Å². The minimum absolute atomic E-state index is 0.329. The number of aryl methyl sites for hydroxylation is 1. The Morgan fingerprint density at radius 2 is 1.86 bits per heavy atom. The molecule has 1 atom stereocenters. The topological polar surface area (TPSA) is 78.3 Å². The third kappa shape index (κ3) is 6.74. The molecule has 0 bridgehead atoms. The Balaban J connectivity index is 1.60. The van der Waals surface area contributed by atoms with E-state index in [9.17, 15) is 4.79 Å². The zero-order valence-electron chi connectivity index (χ0n) is 22.1. The van der Waals surface area contributed by atoms with E-state index in [2.05, 4.69) is 44.3 Å². The Morgan fingerprint density at radius 1 is 1.08 bits per heavy atom. The van der Waals surface area contributed by atoms with Gasteiger partial charge in [-0.15, -0.1) is 5.10 Å². The fourth-order valence-electron chi connectivity index (χ4n) is 4.17. The number of carbonyl (C=O) groups is 1. The first kappa shape index (κ1) is 26.8. The van der Waals surface area contributed by atoms with Crippen LogP contribution in [0.25, 0.3) is 0 Å². The number of thioether (sulfide) groups is 1. The predicted octanol–water partition coefficient (Wildman–Crippen LogP) is 6.69. The van der Waals surface area contributed by atoms with Gasteiger partial charge >= 0.3 is 5.97 Å². The fourth-order valence-corrected chi connectivity index (χ4v) is 5.09. The molecular weight excluding hydrogens is 484 g/mol. The quantitative estimate of drug-likeness (QED) is 0.162. The van der Waals surface area contributed by atoms with Crippen LogP contribution in [0.3, 0.4) is 0 Å². The molecule has 3 aromatic rings. The monoisotopic (exact) mass is 520 g/mol. The third-order valence-electron chi connectivity index (χ3n) is 6.20. The molecule has 8 heteroatoms. The molecular formula is C29H36N4O3S. The van der Waals surface area contributed by atoms with Gasteiger partial charge in [0.25, 0.3) is 0 Å². The summed E-state index contributed by atoms with van der Waals surface area (Å²) in [6, 6.07) is 15.7. The number of hydrogen-bond donors (Lipinski definition) is 1. The van der Waals surface area contributed by atoms with Crippen LogP contribution in [0, 0.1) is 6.92 Å². The van der Waals surface area contributed by atoms with Crippen molar-refractivity contribution in [2.24, 2.45) is 0 Å². The molecule has 0 aliphatic carbocycles. The van der Waals surface area contributed by atoms with E-state index in [1.165, 1.54) is 5.56 Å². The van der Waals surface area contributed by atoms with Crippen molar-refractivity contribution in [1.29, 1.82) is 0 Å². The molecule has 0 saturated heterocycles. The van der Waals surface area contributed by atoms with Crippen LogP contribution in [0.2, 0.25) is 0 Å². The largest absolute Gasteiger partial charge is 0.489 e. The van der Waals surface area contributed by atoms with Crippen molar-refractivity contribution >= 4 is 23.7 Å². The maximum Gasteiger partial charge on any atom is 0.338 e. The van der Waals surface area contributed by atoms with Crippen LogP contribution in [0.15, 0.2) is 65.0 Å². The van der Waals surface area contributed by atoms with E-state index in [1.807, 2.05) is 37.3 Å². The first-order chi connectivity index (χ1) is 18.0. The van der Waals surface area contributed by atoms with Crippen molar-refractivity contribution < 1.29 is 14.3 Å². The van der Waals surface area contributed by atoms with Gasteiger partial charge in [0.15, 0.2) is 0 Å². The summed E-state index contributed by atoms with van der Waals surface area (Å²) in [4.78, 5) is 17.9. The number of anilines is 1. The van der Waals surface area contributed by atoms with E-state index in [-0.39, 0.29) is 5.97 Å². The first-order valence-corrected chi connectivity index (χ1v) is 14.0. The third-order valence-corrected chi connectivity index (χ3v) is 7.12. The number of aromatic nitrogens is 3. The van der Waals surface area contributed by atoms with Gasteiger partial charge in [-0.3, -0.25) is 0 Å². The summed E-state index contributed by atoms with van der Waals surface area (Å²) >= 11 is 1.63. The van der Waals surface area contributed by atoms with E-state index in [1.54, 1.807) is 16.4 Å². The summed E-state index contributed by atoms with van der Waals surface area (Å²) < 4.78 is 13.5. The van der Waals surface area contributed by atoms with Gasteiger partial charge in [-0.25, -0.2) is 9.48 Å². The number of rotatable bonds is 12. The number of hydrogen-bond acceptors (Lipinski definition) is 7. The maximum absolute atomic E-state index is 13.2. The molecule has 0 radical (unpaired) electrons. The predicted molar refractivity (Wildman–Crippen MR) is 148 cm³/mol. The lowest BCUT2D eigenvalue weighted by molar-refractivity contribution is -0.139. The highest BCUT2D eigenvalue weighted by Gasteiger charge is 2.35. The molecule has 37 heavy (non-hydrogen) atoms. The molecule has 4 rings (SSSR count). The number of carbonyl (C=O) groups excluding carboxylic acids is 1. The molecule has 1 N–H and O–H groups in total. The summed E-state index contributed by atoms with van der Waals surface area (Å²) in [6.07, 6.45) is 4.01. The number of fused-ring (bicyclic) bond motifs is 1. The second kappa shape index (κ2) is 12.8. The summed E-state index contributed by atoms with van der Waals surface area (Å²) in [5, 5.41) is 8.76. The SMILES string of the molecule is CCCCOC(=O)C1=C(C)Nc2nc(SCCCC)nn2C1c1ccc(OCc2cccc(C)c2)cc1. The Morgan fingerprint density at radius 3 is 2.59 bits per heavy atom.